The molecule has 0 spiro atoms. The van der Waals surface area contributed by atoms with Gasteiger partial charge in [-0.3, -0.25) is 4.79 Å². The monoisotopic (exact) mass is 240 g/mol. The highest BCUT2D eigenvalue weighted by Gasteiger charge is 2.01. The van der Waals surface area contributed by atoms with Crippen LogP contribution >= 0.6 is 23.2 Å². The van der Waals surface area contributed by atoms with E-state index < -0.39 is 0 Å². The summed E-state index contributed by atoms with van der Waals surface area (Å²) in [5.41, 5.74) is 0.397. The molecule has 2 rings (SSSR count). The van der Waals surface area contributed by atoms with Crippen LogP contribution in [0.15, 0.2) is 41.2 Å². The fourth-order valence-electron chi connectivity index (χ4n) is 1.16. The van der Waals surface area contributed by atoms with Gasteiger partial charge in [-0.15, -0.1) is 0 Å². The summed E-state index contributed by atoms with van der Waals surface area (Å²) in [7, 11) is 0. The lowest BCUT2D eigenvalue weighted by Gasteiger charge is -2.03. The van der Waals surface area contributed by atoms with Crippen LogP contribution in [0.25, 0.3) is 5.69 Å². The smallest absolute Gasteiger partial charge is 0.267 e. The van der Waals surface area contributed by atoms with Crippen molar-refractivity contribution in [2.75, 3.05) is 0 Å². The van der Waals surface area contributed by atoms with Crippen LogP contribution in [0, 0.1) is 0 Å². The maximum atomic E-state index is 11.5. The van der Waals surface area contributed by atoms with Crippen molar-refractivity contribution in [3.05, 3.63) is 56.9 Å². The van der Waals surface area contributed by atoms with Crippen molar-refractivity contribution in [1.82, 2.24) is 9.78 Å². The molecule has 1 aromatic carbocycles. The molecule has 3 nitrogen and oxygen atoms in total. The quantitative estimate of drug-likeness (QED) is 0.768. The van der Waals surface area contributed by atoms with Crippen molar-refractivity contribution in [1.29, 1.82) is 0 Å². The molecule has 0 bridgehead atoms. The normalized spacial score (nSPS) is 10.3. The van der Waals surface area contributed by atoms with Crippen LogP contribution < -0.4 is 5.56 Å². The average molecular weight is 241 g/mol. The molecule has 0 saturated carbocycles. The standard InChI is InChI=1S/C10H6Cl2N2O/c11-7-1-3-8(4-2-7)14-10(15)6-5-9(12)13-14/h1-6H. The number of hydrogen-bond donors (Lipinski definition) is 0. The fraction of sp³-hybridized carbons (Fsp3) is 0. The molecule has 2 aromatic rings. The highest BCUT2D eigenvalue weighted by molar-refractivity contribution is 6.30. The second-order valence-electron chi connectivity index (χ2n) is 2.88. The molecular formula is C10H6Cl2N2O. The molecule has 0 unspecified atom stereocenters. The van der Waals surface area contributed by atoms with Crippen LogP contribution in [-0.2, 0) is 0 Å². The second-order valence-corrected chi connectivity index (χ2v) is 3.71. The van der Waals surface area contributed by atoms with Crippen LogP contribution in [0.2, 0.25) is 10.2 Å². The number of halogens is 2. The van der Waals surface area contributed by atoms with Gasteiger partial charge >= 0.3 is 0 Å². The average Bonchev–Trinajstić information content (AvgIpc) is 2.23. The van der Waals surface area contributed by atoms with Crippen molar-refractivity contribution >= 4 is 23.2 Å². The van der Waals surface area contributed by atoms with Gasteiger partial charge in [0.05, 0.1) is 5.69 Å². The van der Waals surface area contributed by atoms with Gasteiger partial charge in [0.1, 0.15) is 5.15 Å². The van der Waals surface area contributed by atoms with E-state index in [0.29, 0.717) is 10.7 Å². The maximum Gasteiger partial charge on any atom is 0.271 e. The van der Waals surface area contributed by atoms with Gasteiger partial charge < -0.3 is 0 Å². The van der Waals surface area contributed by atoms with Crippen molar-refractivity contribution in [2.45, 2.75) is 0 Å². The van der Waals surface area contributed by atoms with Crippen molar-refractivity contribution < 1.29 is 0 Å². The zero-order chi connectivity index (χ0) is 10.8. The summed E-state index contributed by atoms with van der Waals surface area (Å²) in [5.74, 6) is 0. The van der Waals surface area contributed by atoms with Gasteiger partial charge in [0, 0.05) is 11.1 Å². The molecule has 0 amide bonds. The van der Waals surface area contributed by atoms with E-state index in [9.17, 15) is 4.79 Å². The third-order valence-electron chi connectivity index (χ3n) is 1.84. The van der Waals surface area contributed by atoms with E-state index in [2.05, 4.69) is 5.10 Å². The van der Waals surface area contributed by atoms with E-state index in [4.69, 9.17) is 23.2 Å². The molecule has 0 N–H and O–H groups in total. The molecule has 0 fully saturated rings. The highest BCUT2D eigenvalue weighted by Crippen LogP contribution is 2.11. The molecule has 1 aromatic heterocycles. The molecule has 0 aliphatic rings. The third-order valence-corrected chi connectivity index (χ3v) is 2.29. The first-order valence-electron chi connectivity index (χ1n) is 4.18. The summed E-state index contributed by atoms with van der Waals surface area (Å²) < 4.78 is 1.22. The van der Waals surface area contributed by atoms with Crippen LogP contribution in [0.3, 0.4) is 0 Å². The zero-order valence-corrected chi connectivity index (χ0v) is 9.03. The molecule has 1 heterocycles. The lowest BCUT2D eigenvalue weighted by Crippen LogP contribution is -2.19. The SMILES string of the molecule is O=c1ccc(Cl)nn1-c1ccc(Cl)cc1. The first-order valence-corrected chi connectivity index (χ1v) is 4.94. The van der Waals surface area contributed by atoms with Gasteiger partial charge in [0.2, 0.25) is 0 Å². The molecule has 0 atom stereocenters. The number of benzene rings is 1. The molecule has 0 radical (unpaired) electrons. The Morgan fingerprint density at radius 2 is 1.67 bits per heavy atom. The topological polar surface area (TPSA) is 34.9 Å². The van der Waals surface area contributed by atoms with E-state index >= 15 is 0 Å². The van der Waals surface area contributed by atoms with Crippen molar-refractivity contribution in [3.63, 3.8) is 0 Å². The molecule has 0 aliphatic carbocycles. The van der Waals surface area contributed by atoms with Gasteiger partial charge in [-0.25, -0.2) is 0 Å². The van der Waals surface area contributed by atoms with Crippen LogP contribution in [-0.4, -0.2) is 9.78 Å². The van der Waals surface area contributed by atoms with Gasteiger partial charge in [-0.05, 0) is 30.3 Å². The Balaban J connectivity index is 2.58. The van der Waals surface area contributed by atoms with Gasteiger partial charge in [-0.1, -0.05) is 23.2 Å². The third kappa shape index (κ3) is 2.19. The summed E-state index contributed by atoms with van der Waals surface area (Å²) in [5, 5.41) is 4.77. The summed E-state index contributed by atoms with van der Waals surface area (Å²) >= 11 is 11.4. The molecule has 15 heavy (non-hydrogen) atoms. The van der Waals surface area contributed by atoms with Gasteiger partial charge in [0.25, 0.3) is 5.56 Å². The summed E-state index contributed by atoms with van der Waals surface area (Å²) in [4.78, 5) is 11.5. The van der Waals surface area contributed by atoms with Gasteiger partial charge in [0.15, 0.2) is 0 Å². The number of nitrogens with zero attached hydrogens (tertiary/aromatic N) is 2. The molecule has 5 heteroatoms. The van der Waals surface area contributed by atoms with Gasteiger partial charge in [-0.2, -0.15) is 9.78 Å². The molecule has 0 saturated heterocycles. The summed E-state index contributed by atoms with van der Waals surface area (Å²) in [6.07, 6.45) is 0. The zero-order valence-electron chi connectivity index (χ0n) is 7.52. The first kappa shape index (κ1) is 10.2. The lowest BCUT2D eigenvalue weighted by atomic mass is 10.3. The second kappa shape index (κ2) is 4.04. The minimum absolute atomic E-state index is 0.235. The Morgan fingerprint density at radius 3 is 2.33 bits per heavy atom. The number of rotatable bonds is 1. The van der Waals surface area contributed by atoms with Crippen LogP contribution in [0.5, 0.6) is 0 Å². The Hall–Kier alpha value is -1.32. The molecule has 0 aliphatic heterocycles. The largest absolute Gasteiger partial charge is 0.271 e. The first-order chi connectivity index (χ1) is 7.16. The van der Waals surface area contributed by atoms with Crippen molar-refractivity contribution in [3.8, 4) is 5.69 Å². The Morgan fingerprint density at radius 1 is 1.00 bits per heavy atom. The predicted molar refractivity (Wildman–Crippen MR) is 59.9 cm³/mol. The van der Waals surface area contributed by atoms with Crippen molar-refractivity contribution in [2.24, 2.45) is 0 Å². The highest BCUT2D eigenvalue weighted by atomic mass is 35.5. The van der Waals surface area contributed by atoms with E-state index in [-0.39, 0.29) is 10.7 Å². The fourth-order valence-corrected chi connectivity index (χ4v) is 1.42. The van der Waals surface area contributed by atoms with Crippen LogP contribution in [0.1, 0.15) is 0 Å². The van der Waals surface area contributed by atoms with E-state index in [1.165, 1.54) is 16.8 Å². The number of hydrogen-bond acceptors (Lipinski definition) is 2. The summed E-state index contributed by atoms with van der Waals surface area (Å²) in [6, 6.07) is 9.60. The summed E-state index contributed by atoms with van der Waals surface area (Å²) in [6.45, 7) is 0. The lowest BCUT2D eigenvalue weighted by molar-refractivity contribution is 0.807. The Bertz CT molecular complexity index is 534. The van der Waals surface area contributed by atoms with E-state index in [1.54, 1.807) is 24.3 Å². The predicted octanol–water partition coefficient (Wildman–Crippen LogP) is 2.54. The van der Waals surface area contributed by atoms with Crippen LogP contribution in [0.4, 0.5) is 0 Å². The minimum atomic E-state index is -0.235. The maximum absolute atomic E-state index is 11.5. The Kier molecular flexibility index (Phi) is 2.75. The molecular weight excluding hydrogens is 235 g/mol. The van der Waals surface area contributed by atoms with E-state index in [0.717, 1.165) is 0 Å². The molecule has 76 valence electrons. The number of aromatic nitrogens is 2. The minimum Gasteiger partial charge on any atom is -0.267 e. The Labute approximate surface area is 95.9 Å². The van der Waals surface area contributed by atoms with E-state index in [1.807, 2.05) is 0 Å².